The van der Waals surface area contributed by atoms with Gasteiger partial charge in [-0.2, -0.15) is 0 Å². The minimum absolute atomic E-state index is 0.144. The predicted octanol–water partition coefficient (Wildman–Crippen LogP) is 5.23. The Morgan fingerprint density at radius 1 is 0.816 bits per heavy atom. The zero-order chi connectivity index (χ0) is 26.5. The minimum atomic E-state index is -0.176. The van der Waals surface area contributed by atoms with Crippen LogP contribution in [0, 0.1) is 0 Å². The monoisotopic (exact) mass is 509 g/mol. The second-order valence-corrected chi connectivity index (χ2v) is 9.41. The third-order valence-corrected chi connectivity index (χ3v) is 6.80. The van der Waals surface area contributed by atoms with Crippen LogP contribution in [0.2, 0.25) is 0 Å². The Morgan fingerprint density at radius 3 is 1.95 bits per heavy atom. The van der Waals surface area contributed by atoms with Crippen molar-refractivity contribution in [3.8, 4) is 0 Å². The van der Waals surface area contributed by atoms with Gasteiger partial charge in [-0.05, 0) is 97.8 Å². The minimum Gasteiger partial charge on any atom is -0.394 e. The van der Waals surface area contributed by atoms with E-state index in [0.717, 1.165) is 36.4 Å². The van der Waals surface area contributed by atoms with Crippen molar-refractivity contribution in [2.45, 2.75) is 18.9 Å². The lowest BCUT2D eigenvalue weighted by Crippen LogP contribution is -2.31. The summed E-state index contributed by atoms with van der Waals surface area (Å²) >= 11 is 0. The number of hydrogen-bond donors (Lipinski definition) is 4. The summed E-state index contributed by atoms with van der Waals surface area (Å²) in [6.45, 7) is 1.07. The SMILES string of the molecule is Cn1cccc1C(=O)Nc1ccc(Nc2ccc(NC(=O)c3ccc(N4CCC[C@H]4CO)cc3)cc2)cc1. The van der Waals surface area contributed by atoms with E-state index in [4.69, 9.17) is 0 Å². The molecule has 5 rings (SSSR count). The summed E-state index contributed by atoms with van der Waals surface area (Å²) in [5, 5.41) is 18.7. The summed E-state index contributed by atoms with van der Waals surface area (Å²) in [4.78, 5) is 27.3. The van der Waals surface area contributed by atoms with Gasteiger partial charge in [0, 0.05) is 53.8 Å². The zero-order valence-electron chi connectivity index (χ0n) is 21.2. The van der Waals surface area contributed by atoms with Crippen LogP contribution in [0.25, 0.3) is 0 Å². The molecular formula is C30H31N5O3. The fourth-order valence-electron chi connectivity index (χ4n) is 4.71. The molecule has 1 aliphatic heterocycles. The number of hydrogen-bond acceptors (Lipinski definition) is 5. The molecule has 2 heterocycles. The largest absolute Gasteiger partial charge is 0.394 e. The van der Waals surface area contributed by atoms with Gasteiger partial charge < -0.3 is 30.5 Å². The van der Waals surface area contributed by atoms with Crippen molar-refractivity contribution >= 4 is 40.3 Å². The number of aliphatic hydroxyl groups is 1. The average Bonchev–Trinajstić information content (AvgIpc) is 3.60. The maximum atomic E-state index is 12.7. The van der Waals surface area contributed by atoms with Crippen molar-refractivity contribution in [2.24, 2.45) is 7.05 Å². The summed E-state index contributed by atoms with van der Waals surface area (Å²) in [6, 6.07) is 26.2. The number of nitrogens with zero attached hydrogens (tertiary/aromatic N) is 2. The lowest BCUT2D eigenvalue weighted by molar-refractivity contribution is 0.101. The smallest absolute Gasteiger partial charge is 0.272 e. The second kappa shape index (κ2) is 11.2. The van der Waals surface area contributed by atoms with Crippen LogP contribution in [0.4, 0.5) is 28.4 Å². The van der Waals surface area contributed by atoms with Gasteiger partial charge in [-0.15, -0.1) is 0 Å². The number of benzene rings is 3. The summed E-state index contributed by atoms with van der Waals surface area (Å²) in [7, 11) is 1.83. The van der Waals surface area contributed by atoms with Crippen LogP contribution in [-0.2, 0) is 7.05 Å². The Kier molecular flexibility index (Phi) is 7.42. The third kappa shape index (κ3) is 5.71. The second-order valence-electron chi connectivity index (χ2n) is 9.41. The molecule has 0 radical (unpaired) electrons. The highest BCUT2D eigenvalue weighted by molar-refractivity contribution is 6.04. The molecule has 4 aromatic rings. The molecule has 194 valence electrons. The van der Waals surface area contributed by atoms with E-state index in [9.17, 15) is 14.7 Å². The molecule has 1 atom stereocenters. The first kappa shape index (κ1) is 25.1. The molecule has 3 aromatic carbocycles. The first-order valence-corrected chi connectivity index (χ1v) is 12.7. The molecule has 8 heteroatoms. The maximum Gasteiger partial charge on any atom is 0.272 e. The lowest BCUT2D eigenvalue weighted by Gasteiger charge is -2.25. The van der Waals surface area contributed by atoms with E-state index < -0.39 is 0 Å². The Bertz CT molecular complexity index is 1400. The van der Waals surface area contributed by atoms with Crippen LogP contribution in [-0.4, -0.2) is 40.7 Å². The Labute approximate surface area is 221 Å². The third-order valence-electron chi connectivity index (χ3n) is 6.80. The molecule has 38 heavy (non-hydrogen) atoms. The Morgan fingerprint density at radius 2 is 1.39 bits per heavy atom. The van der Waals surface area contributed by atoms with Gasteiger partial charge in [-0.1, -0.05) is 0 Å². The first-order chi connectivity index (χ1) is 18.5. The molecule has 0 aliphatic carbocycles. The van der Waals surface area contributed by atoms with Gasteiger partial charge in [0.25, 0.3) is 11.8 Å². The number of nitrogens with one attached hydrogen (secondary N) is 3. The van der Waals surface area contributed by atoms with E-state index in [-0.39, 0.29) is 24.5 Å². The number of rotatable bonds is 8. The van der Waals surface area contributed by atoms with Gasteiger partial charge in [0.2, 0.25) is 0 Å². The van der Waals surface area contributed by atoms with E-state index in [1.807, 2.05) is 92.1 Å². The van der Waals surface area contributed by atoms with Crippen LogP contribution < -0.4 is 20.9 Å². The van der Waals surface area contributed by atoms with Crippen molar-refractivity contribution in [3.63, 3.8) is 0 Å². The van der Waals surface area contributed by atoms with Crippen molar-refractivity contribution in [1.29, 1.82) is 0 Å². The fourth-order valence-corrected chi connectivity index (χ4v) is 4.71. The standard InChI is InChI=1S/C30H31N5O3/c1-34-18-3-5-28(34)30(38)33-25-14-10-23(11-15-25)31-22-8-12-24(13-9-22)32-29(37)21-6-16-26(17-7-21)35-19-2-4-27(35)20-36/h3,5-18,27,31,36H,2,4,19-20H2,1H3,(H,32,37)(H,33,38)/t27-/m0/s1. The highest BCUT2D eigenvalue weighted by atomic mass is 16.3. The molecule has 0 unspecified atom stereocenters. The number of aliphatic hydroxyl groups excluding tert-OH is 1. The molecule has 0 bridgehead atoms. The molecule has 1 aliphatic rings. The van der Waals surface area contributed by atoms with Crippen molar-refractivity contribution in [1.82, 2.24) is 4.57 Å². The number of carbonyl (C=O) groups is 2. The van der Waals surface area contributed by atoms with Crippen molar-refractivity contribution in [2.75, 3.05) is 34.0 Å². The molecular weight excluding hydrogens is 478 g/mol. The highest BCUT2D eigenvalue weighted by Gasteiger charge is 2.24. The summed E-state index contributed by atoms with van der Waals surface area (Å²) in [6.07, 6.45) is 3.89. The quantitative estimate of drug-likeness (QED) is 0.261. The highest BCUT2D eigenvalue weighted by Crippen LogP contribution is 2.26. The Balaban J connectivity index is 1.14. The van der Waals surface area contributed by atoms with Gasteiger partial charge in [-0.25, -0.2) is 0 Å². The van der Waals surface area contributed by atoms with E-state index in [1.54, 1.807) is 10.6 Å². The van der Waals surface area contributed by atoms with Gasteiger partial charge in [0.05, 0.1) is 12.6 Å². The van der Waals surface area contributed by atoms with Crippen molar-refractivity contribution in [3.05, 3.63) is 102 Å². The summed E-state index contributed by atoms with van der Waals surface area (Å²) in [5.41, 5.74) is 5.35. The number of anilines is 5. The number of aryl methyl sites for hydroxylation is 1. The number of aromatic nitrogens is 1. The lowest BCUT2D eigenvalue weighted by atomic mass is 10.1. The topological polar surface area (TPSA) is 98.6 Å². The van der Waals surface area contributed by atoms with Crippen LogP contribution in [0.15, 0.2) is 91.1 Å². The normalized spacial score (nSPS) is 14.8. The average molecular weight is 510 g/mol. The molecule has 1 aromatic heterocycles. The van der Waals surface area contributed by atoms with Gasteiger partial charge in [-0.3, -0.25) is 9.59 Å². The molecule has 8 nitrogen and oxygen atoms in total. The molecule has 0 spiro atoms. The van der Waals surface area contributed by atoms with Gasteiger partial charge >= 0.3 is 0 Å². The number of carbonyl (C=O) groups excluding carboxylic acids is 2. The summed E-state index contributed by atoms with van der Waals surface area (Å²) in [5.74, 6) is -0.334. The summed E-state index contributed by atoms with van der Waals surface area (Å²) < 4.78 is 1.77. The Hall–Kier alpha value is -4.56. The fraction of sp³-hybridized carbons (Fsp3) is 0.200. The molecule has 1 fully saturated rings. The van der Waals surface area contributed by atoms with E-state index in [2.05, 4.69) is 20.9 Å². The molecule has 4 N–H and O–H groups in total. The van der Waals surface area contributed by atoms with Crippen LogP contribution in [0.1, 0.15) is 33.7 Å². The number of amides is 2. The maximum absolute atomic E-state index is 12.7. The van der Waals surface area contributed by atoms with E-state index in [0.29, 0.717) is 22.6 Å². The first-order valence-electron chi connectivity index (χ1n) is 12.7. The van der Waals surface area contributed by atoms with Gasteiger partial charge in [0.1, 0.15) is 5.69 Å². The van der Waals surface area contributed by atoms with E-state index >= 15 is 0 Å². The van der Waals surface area contributed by atoms with Crippen LogP contribution in [0.3, 0.4) is 0 Å². The molecule has 0 saturated carbocycles. The van der Waals surface area contributed by atoms with Crippen molar-refractivity contribution < 1.29 is 14.7 Å². The van der Waals surface area contributed by atoms with Gasteiger partial charge in [0.15, 0.2) is 0 Å². The van der Waals surface area contributed by atoms with E-state index in [1.165, 1.54) is 0 Å². The van der Waals surface area contributed by atoms with Crippen LogP contribution in [0.5, 0.6) is 0 Å². The molecule has 2 amide bonds. The van der Waals surface area contributed by atoms with Crippen LogP contribution >= 0.6 is 0 Å². The molecule has 1 saturated heterocycles. The predicted molar refractivity (Wildman–Crippen MR) is 151 cm³/mol. The zero-order valence-corrected chi connectivity index (χ0v) is 21.2.